The van der Waals surface area contributed by atoms with Gasteiger partial charge in [-0.3, -0.25) is 14.1 Å². The first-order valence-electron chi connectivity index (χ1n) is 28.8. The average molecular weight is 1010 g/mol. The number of nitrogens with one attached hydrogen (secondary N) is 1. The van der Waals surface area contributed by atoms with Crippen molar-refractivity contribution in [2.45, 2.75) is 240 Å². The van der Waals surface area contributed by atoms with Crippen LogP contribution in [0.4, 0.5) is 0 Å². The molecule has 0 saturated heterocycles. The van der Waals surface area contributed by atoms with Crippen LogP contribution in [0.2, 0.25) is 0 Å². The topological polar surface area (TPSA) is 145 Å². The monoisotopic (exact) mass is 1010 g/mol. The molecule has 4 aliphatic carbocycles. The Kier molecular flexibility index (Phi) is 24.0. The van der Waals surface area contributed by atoms with Crippen LogP contribution in [0.15, 0.2) is 48.1 Å². The molecule has 1 aromatic carbocycles. The highest BCUT2D eigenvalue weighted by Gasteiger charge is 2.59. The van der Waals surface area contributed by atoms with Gasteiger partial charge in [-0.05, 0) is 128 Å². The third kappa shape index (κ3) is 18.0. The first kappa shape index (κ1) is 58.7. The van der Waals surface area contributed by atoms with Crippen LogP contribution in [-0.4, -0.2) is 49.6 Å². The summed E-state index contributed by atoms with van der Waals surface area (Å²) in [7, 11) is -4.70. The van der Waals surface area contributed by atoms with Crippen molar-refractivity contribution >= 4 is 28.2 Å². The van der Waals surface area contributed by atoms with Gasteiger partial charge < -0.3 is 19.0 Å². The molecule has 5 rings (SSSR count). The second-order valence-corrected chi connectivity index (χ2v) is 24.4. The summed E-state index contributed by atoms with van der Waals surface area (Å²) in [6, 6.07) is 4.81. The first-order valence-corrected chi connectivity index (χ1v) is 30.1. The first-order chi connectivity index (χ1) is 34.0. The Balaban J connectivity index is 1.05. The lowest BCUT2D eigenvalue weighted by atomic mass is 9.47. The molecule has 1 unspecified atom stereocenters. The number of unbranched alkanes of at least 4 members (excludes halogenated alkanes) is 15. The molecule has 0 radical (unpaired) electrons. The molecule has 11 heteroatoms. The molecule has 3 saturated carbocycles. The van der Waals surface area contributed by atoms with Crippen LogP contribution >= 0.6 is 0 Å². The lowest BCUT2D eigenvalue weighted by molar-refractivity contribution is -0.152. The van der Waals surface area contributed by atoms with E-state index in [1.807, 2.05) is 0 Å². The number of ether oxygens (including phenoxy) is 2. The number of carbonyl (C=O) groups excluding carboxylic acids is 3. The van der Waals surface area contributed by atoms with Crippen LogP contribution in [0, 0.1) is 52.3 Å². The molecule has 0 heterocycles. The van der Waals surface area contributed by atoms with Crippen molar-refractivity contribution in [3.05, 3.63) is 53.6 Å². The average Bonchev–Trinajstić information content (AvgIpc) is 3.69. The van der Waals surface area contributed by atoms with Crippen LogP contribution in [0.25, 0.3) is 0 Å². The van der Waals surface area contributed by atoms with Gasteiger partial charge in [-0.15, -0.1) is 0 Å². The number of amides is 1. The minimum absolute atomic E-state index is 0.0762. The Hall–Kier alpha value is -3.18. The quantitative estimate of drug-likeness (QED) is 0.0312. The maximum Gasteiger partial charge on any atom is 0.446 e. The number of esters is 2. The molecular weight excluding hydrogens is 911 g/mol. The van der Waals surface area contributed by atoms with E-state index < -0.39 is 34.3 Å². The SMILES string of the molecule is CCCCCCCCCCCCCCCCCCOC(=O)[C@@H](Cc1ccc(OS(=O)(=O)O)cc1)NC(=O)CCC(=O)O[C@H]1CC[C@@]2(C)C(=CC[C@H]3[C@@H]4CC[C@H](C(C)/C=C/[C@@H](CC)C(C)C)[C@@]4(C)CC[C@@H]32)C1. The van der Waals surface area contributed by atoms with Crippen LogP contribution in [-0.2, 0) is 40.7 Å². The van der Waals surface area contributed by atoms with Gasteiger partial charge in [0.2, 0.25) is 5.91 Å². The van der Waals surface area contributed by atoms with Crippen LogP contribution in [0.3, 0.4) is 0 Å². The van der Waals surface area contributed by atoms with Crippen LogP contribution in [0.1, 0.15) is 227 Å². The molecule has 2 N–H and O–H groups in total. The normalized spacial score (nSPS) is 26.4. The Morgan fingerprint density at radius 3 is 1.99 bits per heavy atom. The molecule has 10 atom stereocenters. The van der Waals surface area contributed by atoms with E-state index in [0.29, 0.717) is 40.6 Å². The Morgan fingerprint density at radius 2 is 1.39 bits per heavy atom. The van der Waals surface area contributed by atoms with Gasteiger partial charge in [-0.25, -0.2) is 4.79 Å². The van der Waals surface area contributed by atoms with Crippen molar-refractivity contribution < 1.29 is 41.0 Å². The predicted octanol–water partition coefficient (Wildman–Crippen LogP) is 14.8. The number of allylic oxidation sites excluding steroid dienone is 3. The van der Waals surface area contributed by atoms with Gasteiger partial charge in [0.05, 0.1) is 13.0 Å². The number of fused-ring (bicyclic) bond motifs is 5. The molecule has 1 amide bonds. The summed E-state index contributed by atoms with van der Waals surface area (Å²) in [6.07, 6.45) is 37.3. The van der Waals surface area contributed by atoms with Crippen molar-refractivity contribution in [2.75, 3.05) is 6.61 Å². The van der Waals surface area contributed by atoms with Gasteiger partial charge in [0.25, 0.3) is 0 Å². The van der Waals surface area contributed by atoms with E-state index in [-0.39, 0.29) is 43.1 Å². The summed E-state index contributed by atoms with van der Waals surface area (Å²) in [5.41, 5.74) is 2.57. The summed E-state index contributed by atoms with van der Waals surface area (Å²) in [4.78, 5) is 40.1. The number of hydrogen-bond acceptors (Lipinski definition) is 8. The number of rotatable bonds is 32. The molecule has 0 aromatic heterocycles. The third-order valence-electron chi connectivity index (χ3n) is 18.0. The summed E-state index contributed by atoms with van der Waals surface area (Å²) in [5.74, 6) is 3.25. The zero-order valence-electron chi connectivity index (χ0n) is 45.4. The summed E-state index contributed by atoms with van der Waals surface area (Å²) in [5, 5.41) is 2.80. The Labute approximate surface area is 431 Å². The second-order valence-electron chi connectivity index (χ2n) is 23.4. The lowest BCUT2D eigenvalue weighted by Crippen LogP contribution is -2.51. The van der Waals surface area contributed by atoms with Crippen molar-refractivity contribution in [3.8, 4) is 5.75 Å². The number of benzene rings is 1. The molecule has 0 bridgehead atoms. The second kappa shape index (κ2) is 29.1. The highest BCUT2D eigenvalue weighted by molar-refractivity contribution is 7.81. The summed E-state index contributed by atoms with van der Waals surface area (Å²) >= 11 is 0. The van der Waals surface area contributed by atoms with E-state index in [2.05, 4.69) is 76.2 Å². The zero-order chi connectivity index (χ0) is 51.4. The van der Waals surface area contributed by atoms with E-state index in [1.165, 1.54) is 133 Å². The minimum atomic E-state index is -4.70. The number of hydrogen-bond donors (Lipinski definition) is 2. The van der Waals surface area contributed by atoms with E-state index in [0.717, 1.165) is 56.8 Å². The highest BCUT2D eigenvalue weighted by atomic mass is 32.3. The van der Waals surface area contributed by atoms with Gasteiger partial charge in [-0.1, -0.05) is 181 Å². The van der Waals surface area contributed by atoms with Gasteiger partial charge in [0, 0.05) is 19.3 Å². The fourth-order valence-corrected chi connectivity index (χ4v) is 14.2. The molecule has 10 nitrogen and oxygen atoms in total. The van der Waals surface area contributed by atoms with Crippen molar-refractivity contribution in [1.29, 1.82) is 0 Å². The maximum absolute atomic E-state index is 13.4. The standard InChI is InChI=1S/C60H97NO9S/c1-8-10-11-12-13-14-15-16-17-18-19-20-21-22-23-24-41-68-58(64)55(42-46-26-30-49(31-27-46)70-71(65,66)67)61-56(62)35-36-57(63)69-50-37-39-59(6)48(43-50)29-32-51-53-34-33-52(60(53,7)40-38-54(51)59)45(5)25-28-47(9-2)44(3)4/h25-31,44-45,47,50-55H,8-24,32-43H2,1-7H3,(H,61,62)(H,65,66,67)/b28-25+/t45?,47-,50+,51+,52-,53+,54+,55-,59+,60-/m1/s1. The summed E-state index contributed by atoms with van der Waals surface area (Å²) in [6.45, 7) is 17.1. The third-order valence-corrected chi connectivity index (χ3v) is 18.4. The fourth-order valence-electron chi connectivity index (χ4n) is 13.8. The lowest BCUT2D eigenvalue weighted by Gasteiger charge is -2.58. The molecule has 71 heavy (non-hydrogen) atoms. The van der Waals surface area contributed by atoms with Crippen LogP contribution in [0.5, 0.6) is 5.75 Å². The molecule has 1 aromatic rings. The largest absolute Gasteiger partial charge is 0.464 e. The van der Waals surface area contributed by atoms with Gasteiger partial charge in [-0.2, -0.15) is 8.42 Å². The van der Waals surface area contributed by atoms with E-state index in [1.54, 1.807) is 12.1 Å². The highest BCUT2D eigenvalue weighted by Crippen LogP contribution is 2.67. The minimum Gasteiger partial charge on any atom is -0.464 e. The number of carbonyl (C=O) groups is 3. The fraction of sp³-hybridized carbons (Fsp3) is 0.783. The van der Waals surface area contributed by atoms with Gasteiger partial charge >= 0.3 is 22.3 Å². The Morgan fingerprint density at radius 1 is 0.775 bits per heavy atom. The zero-order valence-corrected chi connectivity index (χ0v) is 46.2. The molecule has 0 aliphatic heterocycles. The summed E-state index contributed by atoms with van der Waals surface area (Å²) < 4.78 is 47.8. The van der Waals surface area contributed by atoms with Crippen LogP contribution < -0.4 is 9.50 Å². The molecule has 402 valence electrons. The maximum atomic E-state index is 13.4. The predicted molar refractivity (Wildman–Crippen MR) is 286 cm³/mol. The smallest absolute Gasteiger partial charge is 0.446 e. The van der Waals surface area contributed by atoms with Crippen molar-refractivity contribution in [2.24, 2.45) is 52.3 Å². The van der Waals surface area contributed by atoms with E-state index in [9.17, 15) is 22.8 Å². The molecule has 3 fully saturated rings. The van der Waals surface area contributed by atoms with Gasteiger partial charge in [0.15, 0.2) is 0 Å². The van der Waals surface area contributed by atoms with Gasteiger partial charge in [0.1, 0.15) is 17.9 Å². The molecule has 4 aliphatic rings. The van der Waals surface area contributed by atoms with Crippen molar-refractivity contribution in [3.63, 3.8) is 0 Å². The van der Waals surface area contributed by atoms with Crippen molar-refractivity contribution in [1.82, 2.24) is 5.32 Å². The Bertz CT molecular complexity index is 1960. The molecule has 0 spiro atoms. The van der Waals surface area contributed by atoms with E-state index >= 15 is 0 Å². The molecular formula is C60H97NO9S. The van der Waals surface area contributed by atoms with E-state index in [4.69, 9.17) is 14.0 Å².